The molecule has 0 spiro atoms. The number of benzene rings is 2. The maximum atomic E-state index is 11.1. The quantitative estimate of drug-likeness (QED) is 0.224. The lowest BCUT2D eigenvalue weighted by molar-refractivity contribution is -0.114. The smallest absolute Gasteiger partial charge is 0.217 e. The van der Waals surface area contributed by atoms with Gasteiger partial charge in [-0.2, -0.15) is 5.26 Å². The van der Waals surface area contributed by atoms with Gasteiger partial charge in [0.25, 0.3) is 0 Å². The molecule has 0 saturated heterocycles. The van der Waals surface area contributed by atoms with Crippen molar-refractivity contribution >= 4 is 43.9 Å². The van der Waals surface area contributed by atoms with E-state index in [4.69, 9.17) is 10.7 Å². The molecule has 2 aromatic carbocycles. The monoisotopic (exact) mass is 388 g/mol. The molecule has 5 nitrogen and oxygen atoms in total. The molecule has 28 heavy (non-hydrogen) atoms. The Morgan fingerprint density at radius 1 is 1.29 bits per heavy atom. The number of carbonyl (C=O) groups is 1. The summed E-state index contributed by atoms with van der Waals surface area (Å²) in [6, 6.07) is 14.3. The Hall–Kier alpha value is -3.35. The van der Waals surface area contributed by atoms with E-state index >= 15 is 0 Å². The van der Waals surface area contributed by atoms with Crippen LogP contribution in [0.25, 0.3) is 20.2 Å². The van der Waals surface area contributed by atoms with Crippen LogP contribution in [-0.2, 0) is 4.79 Å². The summed E-state index contributed by atoms with van der Waals surface area (Å²) in [5.74, 6) is 5.98. The van der Waals surface area contributed by atoms with E-state index in [-0.39, 0.29) is 18.5 Å². The van der Waals surface area contributed by atoms with E-state index in [1.807, 2.05) is 26.0 Å². The van der Waals surface area contributed by atoms with Crippen molar-refractivity contribution in [3.8, 4) is 17.9 Å². The zero-order valence-corrected chi connectivity index (χ0v) is 16.6. The molecule has 1 amide bonds. The van der Waals surface area contributed by atoms with E-state index in [9.17, 15) is 4.79 Å². The van der Waals surface area contributed by atoms with E-state index in [1.54, 1.807) is 11.3 Å². The number of guanidine groups is 1. The molecule has 1 atom stereocenters. The van der Waals surface area contributed by atoms with Crippen LogP contribution in [-0.4, -0.2) is 23.8 Å². The predicted molar refractivity (Wildman–Crippen MR) is 114 cm³/mol. The normalized spacial score (nSPS) is 11.3. The minimum Gasteiger partial charge on any atom is -0.349 e. The topological polar surface area (TPSA) is 80.0 Å². The first kappa shape index (κ1) is 19.4. The number of fused-ring (bicyclic) bond motifs is 3. The van der Waals surface area contributed by atoms with Crippen molar-refractivity contribution in [2.24, 2.45) is 0 Å². The fraction of sp³-hybridized carbons (Fsp3) is 0.227. The zero-order chi connectivity index (χ0) is 20.1. The fourth-order valence-electron chi connectivity index (χ4n) is 3.15. The molecule has 2 N–H and O–H groups in total. The van der Waals surface area contributed by atoms with Crippen LogP contribution in [0.15, 0.2) is 36.4 Å². The highest BCUT2D eigenvalue weighted by Gasteiger charge is 2.16. The first-order chi connectivity index (χ1) is 13.6. The van der Waals surface area contributed by atoms with Gasteiger partial charge in [0.1, 0.15) is 6.54 Å². The number of nitrogens with one attached hydrogen (secondary N) is 2. The van der Waals surface area contributed by atoms with Crippen molar-refractivity contribution in [1.82, 2.24) is 10.2 Å². The molecule has 140 valence electrons. The van der Waals surface area contributed by atoms with Crippen LogP contribution in [0.2, 0.25) is 0 Å². The molecule has 3 aromatic rings. The van der Waals surface area contributed by atoms with E-state index in [0.29, 0.717) is 6.41 Å². The third kappa shape index (κ3) is 3.83. The van der Waals surface area contributed by atoms with Crippen LogP contribution in [0.3, 0.4) is 0 Å². The Balaban J connectivity index is 1.98. The molecule has 0 fully saturated rings. The number of amides is 1. The molecule has 3 rings (SSSR count). The number of thiophene rings is 1. The highest BCUT2D eigenvalue weighted by molar-refractivity contribution is 7.25. The third-order valence-corrected chi connectivity index (χ3v) is 5.69. The third-order valence-electron chi connectivity index (χ3n) is 4.54. The summed E-state index contributed by atoms with van der Waals surface area (Å²) in [5, 5.41) is 22.3. The van der Waals surface area contributed by atoms with Gasteiger partial charge in [-0.1, -0.05) is 18.9 Å². The molecule has 0 saturated carbocycles. The van der Waals surface area contributed by atoms with Gasteiger partial charge in [-0.25, -0.2) is 0 Å². The van der Waals surface area contributed by atoms with Crippen LogP contribution in [0.5, 0.6) is 0 Å². The lowest BCUT2D eigenvalue weighted by Crippen LogP contribution is -2.41. The Morgan fingerprint density at radius 2 is 2.00 bits per heavy atom. The molecular weight excluding hydrogens is 368 g/mol. The summed E-state index contributed by atoms with van der Waals surface area (Å²) in [6.45, 7) is 3.70. The van der Waals surface area contributed by atoms with E-state index < -0.39 is 0 Å². The molecule has 0 aliphatic carbocycles. The second kappa shape index (κ2) is 8.56. The second-order valence-electron chi connectivity index (χ2n) is 6.29. The predicted octanol–water partition coefficient (Wildman–Crippen LogP) is 4.38. The molecule has 1 aromatic heterocycles. The standard InChI is InChI=1S/C22H20N4OS/c1-3-5-15-6-8-20-17(12-15)18-13-16(7-9-21(18)28-20)19(4-2)25-22(24)26(14-27)11-10-23/h6-9,12-14,19H,4,11H2,1-2H3,(H2,24,25). The first-order valence-electron chi connectivity index (χ1n) is 8.94. The van der Waals surface area contributed by atoms with Gasteiger partial charge in [-0.15, -0.1) is 17.3 Å². The number of rotatable bonds is 5. The number of nitrogens with zero attached hydrogens (tertiary/aromatic N) is 2. The van der Waals surface area contributed by atoms with Crippen molar-refractivity contribution in [3.63, 3.8) is 0 Å². The maximum absolute atomic E-state index is 11.1. The molecule has 1 unspecified atom stereocenters. The fourth-order valence-corrected chi connectivity index (χ4v) is 4.21. The highest BCUT2D eigenvalue weighted by Crippen LogP contribution is 2.36. The molecule has 0 radical (unpaired) electrons. The Kier molecular flexibility index (Phi) is 5.93. The lowest BCUT2D eigenvalue weighted by atomic mass is 10.0. The minimum absolute atomic E-state index is 0.0702. The summed E-state index contributed by atoms with van der Waals surface area (Å²) in [4.78, 5) is 12.2. The number of hydrogen-bond donors (Lipinski definition) is 2. The van der Waals surface area contributed by atoms with Crippen molar-refractivity contribution in [1.29, 1.82) is 10.7 Å². The van der Waals surface area contributed by atoms with E-state index in [2.05, 4.69) is 47.5 Å². The highest BCUT2D eigenvalue weighted by atomic mass is 32.1. The van der Waals surface area contributed by atoms with Crippen molar-refractivity contribution in [2.75, 3.05) is 6.54 Å². The van der Waals surface area contributed by atoms with Gasteiger partial charge in [0.05, 0.1) is 12.1 Å². The van der Waals surface area contributed by atoms with E-state index in [1.165, 1.54) is 14.8 Å². The van der Waals surface area contributed by atoms with Crippen LogP contribution < -0.4 is 5.32 Å². The van der Waals surface area contributed by atoms with Gasteiger partial charge in [0.15, 0.2) is 5.96 Å². The van der Waals surface area contributed by atoms with Crippen molar-refractivity contribution in [3.05, 3.63) is 47.5 Å². The average molecular weight is 388 g/mol. The zero-order valence-electron chi connectivity index (χ0n) is 15.7. The van der Waals surface area contributed by atoms with Gasteiger partial charge < -0.3 is 5.32 Å². The molecule has 0 aliphatic heterocycles. The van der Waals surface area contributed by atoms with Crippen LogP contribution in [0.1, 0.15) is 37.4 Å². The number of hydrogen-bond acceptors (Lipinski definition) is 4. The SMILES string of the molecule is CC#Cc1ccc2sc3ccc(C(CC)NC(=N)N(C=O)CC#N)cc3c2c1. The van der Waals surface area contributed by atoms with Crippen molar-refractivity contribution in [2.45, 2.75) is 26.3 Å². The van der Waals surface area contributed by atoms with Crippen LogP contribution in [0.4, 0.5) is 0 Å². The molecule has 1 heterocycles. The summed E-state index contributed by atoms with van der Waals surface area (Å²) >= 11 is 1.74. The summed E-state index contributed by atoms with van der Waals surface area (Å²) in [7, 11) is 0. The van der Waals surface area contributed by atoms with Gasteiger partial charge in [0.2, 0.25) is 6.41 Å². The van der Waals surface area contributed by atoms with Crippen molar-refractivity contribution < 1.29 is 4.79 Å². The van der Waals surface area contributed by atoms with E-state index in [0.717, 1.165) is 27.8 Å². The largest absolute Gasteiger partial charge is 0.349 e. The lowest BCUT2D eigenvalue weighted by Gasteiger charge is -2.23. The molecule has 0 aliphatic rings. The first-order valence-corrected chi connectivity index (χ1v) is 9.75. The van der Waals surface area contributed by atoms with Crippen LogP contribution in [0, 0.1) is 28.6 Å². The number of nitriles is 1. The average Bonchev–Trinajstić information content (AvgIpc) is 3.07. The van der Waals surface area contributed by atoms with Gasteiger partial charge >= 0.3 is 0 Å². The van der Waals surface area contributed by atoms with Crippen LogP contribution >= 0.6 is 11.3 Å². The van der Waals surface area contributed by atoms with Gasteiger partial charge in [0, 0.05) is 25.7 Å². The minimum atomic E-state index is -0.152. The Labute approximate surface area is 168 Å². The molecule has 6 heteroatoms. The second-order valence-corrected chi connectivity index (χ2v) is 7.37. The summed E-state index contributed by atoms with van der Waals surface area (Å²) in [5.41, 5.74) is 2.03. The Morgan fingerprint density at radius 3 is 2.64 bits per heavy atom. The number of carbonyl (C=O) groups excluding carboxylic acids is 1. The van der Waals surface area contributed by atoms with Gasteiger partial charge in [-0.3, -0.25) is 15.1 Å². The Bertz CT molecular complexity index is 1150. The summed E-state index contributed by atoms with van der Waals surface area (Å²) in [6.07, 6.45) is 1.24. The molecular formula is C22H20N4OS. The van der Waals surface area contributed by atoms with Gasteiger partial charge in [-0.05, 0) is 49.2 Å². The summed E-state index contributed by atoms with van der Waals surface area (Å²) < 4.78 is 2.41. The molecule has 0 bridgehead atoms. The maximum Gasteiger partial charge on any atom is 0.217 e.